The van der Waals surface area contributed by atoms with Gasteiger partial charge in [-0.2, -0.15) is 0 Å². The molecule has 1 unspecified atom stereocenters. The van der Waals surface area contributed by atoms with E-state index < -0.39 is 17.0 Å². The van der Waals surface area contributed by atoms with E-state index in [1.807, 2.05) is 6.92 Å². The van der Waals surface area contributed by atoms with Crippen molar-refractivity contribution in [2.45, 2.75) is 31.6 Å². The zero-order valence-electron chi connectivity index (χ0n) is 15.3. The summed E-state index contributed by atoms with van der Waals surface area (Å²) in [7, 11) is 0.252. The van der Waals surface area contributed by atoms with Crippen LogP contribution in [-0.4, -0.2) is 33.7 Å². The quantitative estimate of drug-likeness (QED) is 0.571. The number of amides is 1. The van der Waals surface area contributed by atoms with Gasteiger partial charge in [0.25, 0.3) is 0 Å². The van der Waals surface area contributed by atoms with Crippen LogP contribution in [0.25, 0.3) is 11.1 Å². The van der Waals surface area contributed by atoms with E-state index >= 15 is 0 Å². The van der Waals surface area contributed by atoms with E-state index in [1.54, 1.807) is 32.2 Å². The highest BCUT2D eigenvalue weighted by atomic mass is 32.2. The predicted octanol–water partition coefficient (Wildman–Crippen LogP) is 2.71. The minimum absolute atomic E-state index is 0.337. The first-order chi connectivity index (χ1) is 12.9. The van der Waals surface area contributed by atoms with Crippen LogP contribution >= 0.6 is 0 Å². The molecule has 0 saturated heterocycles. The summed E-state index contributed by atoms with van der Waals surface area (Å²) in [4.78, 5) is 26.4. The number of allylic oxidation sites excluding steroid dienone is 2. The van der Waals surface area contributed by atoms with Gasteiger partial charge in [-0.3, -0.25) is 4.79 Å². The van der Waals surface area contributed by atoms with E-state index in [0.717, 1.165) is 28.0 Å². The van der Waals surface area contributed by atoms with Crippen LogP contribution in [0.1, 0.15) is 46.2 Å². The molecule has 0 saturated carbocycles. The number of hydrogen-bond donors (Lipinski definition) is 4. The van der Waals surface area contributed by atoms with Gasteiger partial charge in [-0.15, -0.1) is 0 Å². The number of fused-ring (bicyclic) bond motifs is 1. The number of H-pyrrole nitrogens is 1. The third-order valence-corrected chi connectivity index (χ3v) is 5.95. The van der Waals surface area contributed by atoms with E-state index in [1.165, 1.54) is 0 Å². The molecule has 4 N–H and O–H groups in total. The Morgan fingerprint density at radius 2 is 2.07 bits per heavy atom. The SMILES string of the molecule is CNS(=O)c1ccc(NC=O)c(/C(C)=C2\CCc3c2[nH]c(C)c3C(=O)O)c1. The summed E-state index contributed by atoms with van der Waals surface area (Å²) in [6.45, 7) is 3.68. The number of anilines is 1. The molecule has 0 fully saturated rings. The Morgan fingerprint density at radius 1 is 1.33 bits per heavy atom. The van der Waals surface area contributed by atoms with Crippen molar-refractivity contribution in [2.24, 2.45) is 0 Å². The number of carbonyl (C=O) groups excluding carboxylic acids is 1. The molecular formula is C19H21N3O4S. The molecule has 1 heterocycles. The predicted molar refractivity (Wildman–Crippen MR) is 105 cm³/mol. The Balaban J connectivity index is 2.18. The van der Waals surface area contributed by atoms with Gasteiger partial charge in [0.15, 0.2) is 0 Å². The number of hydrogen-bond acceptors (Lipinski definition) is 3. The number of rotatable bonds is 6. The topological polar surface area (TPSA) is 111 Å². The average molecular weight is 387 g/mol. The summed E-state index contributed by atoms with van der Waals surface area (Å²) < 4.78 is 14.8. The Bertz CT molecular complexity index is 991. The summed E-state index contributed by atoms with van der Waals surface area (Å²) in [6.07, 6.45) is 1.95. The molecule has 8 heteroatoms. The van der Waals surface area contributed by atoms with Crippen LogP contribution in [0, 0.1) is 6.92 Å². The molecule has 1 aliphatic carbocycles. The molecule has 1 amide bonds. The molecule has 7 nitrogen and oxygen atoms in total. The number of carboxylic acid groups (broad SMARTS) is 1. The summed E-state index contributed by atoms with van der Waals surface area (Å²) in [6, 6.07) is 5.20. The summed E-state index contributed by atoms with van der Waals surface area (Å²) in [5.41, 5.74) is 5.90. The maximum Gasteiger partial charge on any atom is 0.337 e. The largest absolute Gasteiger partial charge is 0.478 e. The molecule has 0 bridgehead atoms. The number of aryl methyl sites for hydroxylation is 1. The van der Waals surface area contributed by atoms with E-state index in [0.29, 0.717) is 41.1 Å². The fourth-order valence-electron chi connectivity index (χ4n) is 3.64. The molecule has 0 spiro atoms. The fourth-order valence-corrected chi connectivity index (χ4v) is 4.29. The van der Waals surface area contributed by atoms with Crippen LogP contribution in [0.5, 0.6) is 0 Å². The summed E-state index contributed by atoms with van der Waals surface area (Å²) >= 11 is 0. The first kappa shape index (κ1) is 19.1. The maximum atomic E-state index is 12.1. The van der Waals surface area contributed by atoms with Gasteiger partial charge in [0.05, 0.1) is 10.5 Å². The standard InChI is InChI=1S/C19H21N3O4S/c1-10(13-5-6-14-17(19(24)25)11(2)22-18(13)14)15-8-12(27(26)20-3)4-7-16(15)21-9-23/h4,7-9,20,22H,5-6H2,1-3H3,(H,21,23)(H,24,25)/b13-10+. The van der Waals surface area contributed by atoms with Gasteiger partial charge in [-0.1, -0.05) is 0 Å². The van der Waals surface area contributed by atoms with Crippen molar-refractivity contribution in [3.8, 4) is 0 Å². The van der Waals surface area contributed by atoms with Crippen molar-refractivity contribution in [3.63, 3.8) is 0 Å². The highest BCUT2D eigenvalue weighted by molar-refractivity contribution is 7.83. The fraction of sp³-hybridized carbons (Fsp3) is 0.263. The molecule has 2 aromatic rings. The molecule has 142 valence electrons. The van der Waals surface area contributed by atoms with E-state index in [-0.39, 0.29) is 0 Å². The van der Waals surface area contributed by atoms with Crippen molar-refractivity contribution in [1.82, 2.24) is 9.71 Å². The Morgan fingerprint density at radius 3 is 2.70 bits per heavy atom. The van der Waals surface area contributed by atoms with Crippen LogP contribution < -0.4 is 10.0 Å². The van der Waals surface area contributed by atoms with Crippen molar-refractivity contribution in [2.75, 3.05) is 12.4 Å². The number of benzene rings is 1. The van der Waals surface area contributed by atoms with Crippen molar-refractivity contribution in [1.29, 1.82) is 0 Å². The lowest BCUT2D eigenvalue weighted by Gasteiger charge is -2.14. The lowest BCUT2D eigenvalue weighted by atomic mass is 9.98. The molecule has 27 heavy (non-hydrogen) atoms. The molecule has 3 rings (SSSR count). The number of carboxylic acids is 1. The molecule has 1 aliphatic rings. The van der Waals surface area contributed by atoms with Crippen molar-refractivity contribution < 1.29 is 18.9 Å². The Hall–Kier alpha value is -2.71. The summed E-state index contributed by atoms with van der Waals surface area (Å²) in [5, 5.41) is 12.2. The third kappa shape index (κ3) is 3.33. The number of nitrogens with one attached hydrogen (secondary N) is 3. The highest BCUT2D eigenvalue weighted by Gasteiger charge is 2.28. The monoisotopic (exact) mass is 387 g/mol. The second kappa shape index (κ2) is 7.50. The van der Waals surface area contributed by atoms with Gasteiger partial charge in [0.2, 0.25) is 6.41 Å². The zero-order valence-corrected chi connectivity index (χ0v) is 16.1. The Labute approximate surface area is 159 Å². The van der Waals surface area contributed by atoms with Crippen molar-refractivity contribution in [3.05, 3.63) is 46.3 Å². The minimum atomic E-state index is -1.36. The van der Waals surface area contributed by atoms with Crippen LogP contribution in [0.15, 0.2) is 23.1 Å². The van der Waals surface area contributed by atoms with Gasteiger partial charge in [0.1, 0.15) is 11.0 Å². The number of aromatic nitrogens is 1. The van der Waals surface area contributed by atoms with E-state index in [2.05, 4.69) is 15.0 Å². The third-order valence-electron chi connectivity index (χ3n) is 4.89. The first-order valence-corrected chi connectivity index (χ1v) is 9.62. The van der Waals surface area contributed by atoms with Gasteiger partial charge in [0, 0.05) is 22.6 Å². The second-order valence-electron chi connectivity index (χ2n) is 6.33. The van der Waals surface area contributed by atoms with E-state index in [9.17, 15) is 18.9 Å². The normalized spacial score (nSPS) is 16.0. The minimum Gasteiger partial charge on any atom is -0.478 e. The first-order valence-electron chi connectivity index (χ1n) is 8.47. The van der Waals surface area contributed by atoms with Gasteiger partial charge in [-0.05, 0) is 68.6 Å². The highest BCUT2D eigenvalue weighted by Crippen LogP contribution is 2.41. The number of carbonyl (C=O) groups is 2. The van der Waals surface area contributed by atoms with Crippen LogP contribution in [0.3, 0.4) is 0 Å². The van der Waals surface area contributed by atoms with Gasteiger partial charge >= 0.3 is 5.97 Å². The molecule has 1 atom stereocenters. The van der Waals surface area contributed by atoms with Crippen LogP contribution in [0.2, 0.25) is 0 Å². The summed E-state index contributed by atoms with van der Waals surface area (Å²) in [5.74, 6) is -0.932. The molecule has 0 aliphatic heterocycles. The second-order valence-corrected chi connectivity index (χ2v) is 7.75. The van der Waals surface area contributed by atoms with Crippen molar-refractivity contribution >= 4 is 40.2 Å². The van der Waals surface area contributed by atoms with Gasteiger partial charge < -0.3 is 15.4 Å². The Kier molecular flexibility index (Phi) is 5.29. The smallest absolute Gasteiger partial charge is 0.337 e. The van der Waals surface area contributed by atoms with Crippen LogP contribution in [0.4, 0.5) is 5.69 Å². The maximum absolute atomic E-state index is 12.1. The number of aromatic carboxylic acids is 1. The van der Waals surface area contributed by atoms with Gasteiger partial charge in [-0.25, -0.2) is 13.7 Å². The molecule has 0 radical (unpaired) electrons. The molecule has 1 aromatic carbocycles. The average Bonchev–Trinajstić information content (AvgIpc) is 3.18. The van der Waals surface area contributed by atoms with E-state index in [4.69, 9.17) is 0 Å². The number of aromatic amines is 1. The zero-order chi connectivity index (χ0) is 19.7. The molecule has 1 aromatic heterocycles. The lowest BCUT2D eigenvalue weighted by Crippen LogP contribution is -2.11. The molecular weight excluding hydrogens is 366 g/mol. The lowest BCUT2D eigenvalue weighted by molar-refractivity contribution is -0.105. The van der Waals surface area contributed by atoms with Crippen LogP contribution in [-0.2, 0) is 22.2 Å².